The van der Waals surface area contributed by atoms with Crippen molar-refractivity contribution in [2.45, 2.75) is 51.3 Å². The van der Waals surface area contributed by atoms with Crippen LogP contribution in [0.25, 0.3) is 6.08 Å². The van der Waals surface area contributed by atoms with Crippen molar-refractivity contribution in [1.29, 1.82) is 0 Å². The topological polar surface area (TPSA) is 104 Å². The first-order valence-corrected chi connectivity index (χ1v) is 14.0. The van der Waals surface area contributed by atoms with Crippen LogP contribution in [-0.4, -0.2) is 44.4 Å². The Hall–Kier alpha value is -2.83. The molecule has 1 amide bonds. The molecule has 1 aromatic heterocycles. The largest absolute Gasteiger partial charge is 0.491 e. The fraction of sp³-hybridized carbons (Fsp3) is 0.440. The van der Waals surface area contributed by atoms with Crippen LogP contribution in [0.5, 0.6) is 17.4 Å². The minimum absolute atomic E-state index is 0.0621. The highest BCUT2D eigenvalue weighted by Crippen LogP contribution is 2.36. The van der Waals surface area contributed by atoms with Crippen LogP contribution in [0.4, 0.5) is 13.2 Å². The highest BCUT2D eigenvalue weighted by molar-refractivity contribution is 7.90. The number of hydrogen-bond donors (Lipinski definition) is 1. The zero-order valence-electron chi connectivity index (χ0n) is 20.6. The number of carbonyl (C=O) groups excluding carboxylic acids is 1. The van der Waals surface area contributed by atoms with Gasteiger partial charge in [0, 0.05) is 30.5 Å². The van der Waals surface area contributed by atoms with Crippen molar-refractivity contribution < 1.29 is 40.6 Å². The quantitative estimate of drug-likeness (QED) is 0.253. The molecule has 0 radical (unpaired) electrons. The number of nitrogens with zero attached hydrogens (tertiary/aromatic N) is 1. The summed E-state index contributed by atoms with van der Waals surface area (Å²) in [7, 11) is -3.79. The summed E-state index contributed by atoms with van der Waals surface area (Å²) in [6.45, 7) is 2.87. The predicted octanol–water partition coefficient (Wildman–Crippen LogP) is 5.75. The minimum atomic E-state index is -4.64. The standard InChI is InChI=1S/C25H28ClF3N2O6S/c1-2-3-4-12-38(33,34)31-23(32)10-8-17-7-9-19(36-16-20-6-5-11-35-20)14-22(17)37-24-21(26)13-18(15-30-24)25(27,28)29/h7-10,13-15,20H,2-6,11-12,16H2,1H3,(H,31,32)/b10-8+. The lowest BCUT2D eigenvalue weighted by molar-refractivity contribution is -0.137. The Morgan fingerprint density at radius 1 is 1.29 bits per heavy atom. The Bertz CT molecular complexity index is 1250. The average molecular weight is 577 g/mol. The van der Waals surface area contributed by atoms with Crippen LogP contribution in [-0.2, 0) is 25.7 Å². The normalized spacial score (nSPS) is 16.1. The molecule has 0 aliphatic carbocycles. The molecule has 8 nitrogen and oxygen atoms in total. The van der Waals surface area contributed by atoms with Crippen molar-refractivity contribution in [1.82, 2.24) is 9.71 Å². The second-order valence-corrected chi connectivity index (χ2v) is 10.8. The minimum Gasteiger partial charge on any atom is -0.491 e. The van der Waals surface area contributed by atoms with Crippen molar-refractivity contribution in [2.75, 3.05) is 19.0 Å². The van der Waals surface area contributed by atoms with Crippen molar-refractivity contribution in [2.24, 2.45) is 0 Å². The molecule has 0 saturated carbocycles. The van der Waals surface area contributed by atoms with Gasteiger partial charge in [-0.25, -0.2) is 18.1 Å². The van der Waals surface area contributed by atoms with Gasteiger partial charge in [-0.2, -0.15) is 13.2 Å². The van der Waals surface area contributed by atoms with E-state index in [0.29, 0.717) is 43.0 Å². The van der Waals surface area contributed by atoms with Gasteiger partial charge < -0.3 is 14.2 Å². The molecule has 1 saturated heterocycles. The number of aromatic nitrogens is 1. The smallest absolute Gasteiger partial charge is 0.417 e. The van der Waals surface area contributed by atoms with Crippen molar-refractivity contribution in [3.63, 3.8) is 0 Å². The van der Waals surface area contributed by atoms with E-state index in [1.807, 2.05) is 11.6 Å². The Balaban J connectivity index is 1.81. The van der Waals surface area contributed by atoms with E-state index in [1.54, 1.807) is 6.07 Å². The van der Waals surface area contributed by atoms with Gasteiger partial charge in [0.2, 0.25) is 15.9 Å². The maximum Gasteiger partial charge on any atom is 0.417 e. The summed E-state index contributed by atoms with van der Waals surface area (Å²) < 4.78 is 82.1. The Morgan fingerprint density at radius 3 is 2.74 bits per heavy atom. The number of unbranched alkanes of at least 4 members (excludes halogenated alkanes) is 2. The number of hydrogen-bond acceptors (Lipinski definition) is 7. The summed E-state index contributed by atoms with van der Waals surface area (Å²) in [5.41, 5.74) is -0.744. The highest BCUT2D eigenvalue weighted by Gasteiger charge is 2.32. The first-order chi connectivity index (χ1) is 18.0. The number of benzene rings is 1. The number of halogens is 4. The second kappa shape index (κ2) is 13.3. The van der Waals surface area contributed by atoms with E-state index in [-0.39, 0.29) is 35.1 Å². The van der Waals surface area contributed by atoms with Gasteiger partial charge >= 0.3 is 6.18 Å². The van der Waals surface area contributed by atoms with Crippen LogP contribution in [0.15, 0.2) is 36.5 Å². The highest BCUT2D eigenvalue weighted by atomic mass is 35.5. The van der Waals surface area contributed by atoms with Gasteiger partial charge in [0.1, 0.15) is 23.1 Å². The number of rotatable bonds is 12. The van der Waals surface area contributed by atoms with E-state index < -0.39 is 27.7 Å². The molecule has 208 valence electrons. The monoisotopic (exact) mass is 576 g/mol. The molecule has 1 fully saturated rings. The van der Waals surface area contributed by atoms with Gasteiger partial charge in [0.05, 0.1) is 17.4 Å². The van der Waals surface area contributed by atoms with Crippen LogP contribution in [0.2, 0.25) is 5.02 Å². The zero-order chi connectivity index (χ0) is 27.8. The molecule has 1 aliphatic heterocycles. The van der Waals surface area contributed by atoms with Crippen LogP contribution in [0.3, 0.4) is 0 Å². The van der Waals surface area contributed by atoms with Crippen LogP contribution in [0.1, 0.15) is 50.2 Å². The molecule has 1 unspecified atom stereocenters. The molecule has 2 aromatic rings. The second-order valence-electron chi connectivity index (χ2n) is 8.58. The number of nitrogens with one attached hydrogen (secondary N) is 1. The molecular weight excluding hydrogens is 549 g/mol. The lowest BCUT2D eigenvalue weighted by Crippen LogP contribution is -2.31. The molecule has 0 spiro atoms. The van der Waals surface area contributed by atoms with E-state index in [9.17, 15) is 26.4 Å². The first-order valence-electron chi connectivity index (χ1n) is 12.0. The molecule has 1 aliphatic rings. The Kier molecular flexibility index (Phi) is 10.4. The summed E-state index contributed by atoms with van der Waals surface area (Å²) in [6, 6.07) is 5.29. The van der Waals surface area contributed by atoms with Crippen LogP contribution < -0.4 is 14.2 Å². The number of alkyl halides is 3. The number of ether oxygens (including phenoxy) is 3. The lowest BCUT2D eigenvalue weighted by Gasteiger charge is -2.15. The summed E-state index contributed by atoms with van der Waals surface area (Å²) in [5, 5.41) is -0.378. The van der Waals surface area contributed by atoms with Crippen molar-refractivity contribution >= 4 is 33.6 Å². The van der Waals surface area contributed by atoms with E-state index in [0.717, 1.165) is 25.3 Å². The number of amides is 1. The van der Waals surface area contributed by atoms with Gasteiger partial charge in [-0.05, 0) is 43.5 Å². The third kappa shape index (κ3) is 9.17. The van der Waals surface area contributed by atoms with E-state index in [1.165, 1.54) is 18.2 Å². The van der Waals surface area contributed by atoms with Crippen molar-refractivity contribution in [3.8, 4) is 17.4 Å². The fourth-order valence-electron chi connectivity index (χ4n) is 3.50. The SMILES string of the molecule is CCCCCS(=O)(=O)NC(=O)/C=C/c1ccc(OCC2CCCO2)cc1Oc1ncc(C(F)(F)F)cc1Cl. The number of pyridine rings is 1. The van der Waals surface area contributed by atoms with Crippen LogP contribution >= 0.6 is 11.6 Å². The summed E-state index contributed by atoms with van der Waals surface area (Å²) in [5.74, 6) is -0.897. The maximum atomic E-state index is 13.0. The molecule has 1 N–H and O–H groups in total. The van der Waals surface area contributed by atoms with E-state index >= 15 is 0 Å². The summed E-state index contributed by atoms with van der Waals surface area (Å²) in [6.07, 6.45) is 1.96. The fourth-order valence-corrected chi connectivity index (χ4v) is 4.77. The Labute approximate surface area is 224 Å². The van der Waals surface area contributed by atoms with E-state index in [2.05, 4.69) is 4.98 Å². The van der Waals surface area contributed by atoms with Gasteiger partial charge in [0.25, 0.3) is 5.91 Å². The summed E-state index contributed by atoms with van der Waals surface area (Å²) >= 11 is 5.99. The van der Waals surface area contributed by atoms with Gasteiger partial charge in [-0.1, -0.05) is 31.4 Å². The van der Waals surface area contributed by atoms with Crippen LogP contribution in [0, 0.1) is 0 Å². The molecule has 1 atom stereocenters. The zero-order valence-corrected chi connectivity index (χ0v) is 22.2. The molecule has 1 aromatic carbocycles. The Morgan fingerprint density at radius 2 is 2.08 bits per heavy atom. The number of carbonyl (C=O) groups is 1. The molecule has 0 bridgehead atoms. The lowest BCUT2D eigenvalue weighted by atomic mass is 10.1. The number of sulfonamides is 1. The van der Waals surface area contributed by atoms with E-state index in [4.69, 9.17) is 25.8 Å². The predicted molar refractivity (Wildman–Crippen MR) is 136 cm³/mol. The third-order valence-corrected chi connectivity index (χ3v) is 7.08. The molecular formula is C25H28ClF3N2O6S. The molecule has 2 heterocycles. The average Bonchev–Trinajstić information content (AvgIpc) is 3.36. The maximum absolute atomic E-state index is 13.0. The molecule has 3 rings (SSSR count). The third-order valence-electron chi connectivity index (χ3n) is 5.47. The molecule has 38 heavy (non-hydrogen) atoms. The summed E-state index contributed by atoms with van der Waals surface area (Å²) in [4.78, 5) is 15.9. The van der Waals surface area contributed by atoms with Gasteiger partial charge in [-0.15, -0.1) is 0 Å². The van der Waals surface area contributed by atoms with Gasteiger partial charge in [0.15, 0.2) is 0 Å². The first kappa shape index (κ1) is 29.7. The van der Waals surface area contributed by atoms with Gasteiger partial charge in [-0.3, -0.25) is 4.79 Å². The molecule has 13 heteroatoms. The van der Waals surface area contributed by atoms with Crippen molar-refractivity contribution in [3.05, 3.63) is 52.7 Å².